The number of carbonyl (C=O) groups excluding carboxylic acids is 3. The van der Waals surface area contributed by atoms with E-state index in [1.54, 1.807) is 48.5 Å². The van der Waals surface area contributed by atoms with Gasteiger partial charge in [0.15, 0.2) is 0 Å². The average Bonchev–Trinajstić information content (AvgIpc) is 2.76. The SMILES string of the molecule is COC(C(=O)OCc1ccccc1)C(OC(=O)C(C)(C)N)C(=O)OCc1ccccc1. The van der Waals surface area contributed by atoms with Gasteiger partial charge in [-0.2, -0.15) is 0 Å². The van der Waals surface area contributed by atoms with Gasteiger partial charge in [-0.25, -0.2) is 9.59 Å². The van der Waals surface area contributed by atoms with Crippen LogP contribution in [0.5, 0.6) is 0 Å². The van der Waals surface area contributed by atoms with Crippen molar-refractivity contribution in [3.8, 4) is 0 Å². The van der Waals surface area contributed by atoms with Crippen molar-refractivity contribution in [2.75, 3.05) is 7.11 Å². The van der Waals surface area contributed by atoms with Gasteiger partial charge in [0, 0.05) is 7.11 Å². The molecule has 8 heteroatoms. The third-order valence-corrected chi connectivity index (χ3v) is 4.20. The van der Waals surface area contributed by atoms with Gasteiger partial charge in [0.05, 0.1) is 0 Å². The largest absolute Gasteiger partial charge is 0.459 e. The molecule has 2 atom stereocenters. The van der Waals surface area contributed by atoms with Crippen LogP contribution in [0, 0.1) is 0 Å². The van der Waals surface area contributed by atoms with Crippen molar-refractivity contribution in [2.24, 2.45) is 5.73 Å². The Kier molecular flexibility index (Phi) is 8.72. The Balaban J connectivity index is 2.13. The number of nitrogens with two attached hydrogens (primary N) is 1. The standard InChI is InChI=1S/C23H27NO7/c1-23(2,24)22(27)31-19(21(26)30-15-17-12-8-5-9-13-17)18(28-3)20(25)29-14-16-10-6-4-7-11-16/h4-13,18-19H,14-15,24H2,1-3H3. The quantitative estimate of drug-likeness (QED) is 0.451. The monoisotopic (exact) mass is 429 g/mol. The van der Waals surface area contributed by atoms with Gasteiger partial charge in [0.25, 0.3) is 0 Å². The van der Waals surface area contributed by atoms with Crippen molar-refractivity contribution in [3.05, 3.63) is 71.8 Å². The molecule has 166 valence electrons. The minimum Gasteiger partial charge on any atom is -0.459 e. The minimum absolute atomic E-state index is 0.0400. The lowest BCUT2D eigenvalue weighted by Gasteiger charge is -2.26. The first-order chi connectivity index (χ1) is 14.7. The molecule has 0 radical (unpaired) electrons. The van der Waals surface area contributed by atoms with E-state index < -0.39 is 35.7 Å². The molecule has 8 nitrogen and oxygen atoms in total. The summed E-state index contributed by atoms with van der Waals surface area (Å²) in [6.45, 7) is 2.71. The van der Waals surface area contributed by atoms with Gasteiger partial charge in [-0.05, 0) is 25.0 Å². The number of rotatable bonds is 10. The van der Waals surface area contributed by atoms with Crippen LogP contribution in [0.15, 0.2) is 60.7 Å². The summed E-state index contributed by atoms with van der Waals surface area (Å²) in [5.74, 6) is -2.73. The molecule has 2 aromatic rings. The Hall–Kier alpha value is -3.23. The molecule has 0 aromatic heterocycles. The lowest BCUT2D eigenvalue weighted by Crippen LogP contribution is -2.51. The Morgan fingerprint density at radius 3 is 1.61 bits per heavy atom. The zero-order chi connectivity index (χ0) is 22.9. The summed E-state index contributed by atoms with van der Waals surface area (Å²) in [7, 11) is 1.20. The van der Waals surface area contributed by atoms with E-state index in [2.05, 4.69) is 0 Å². The lowest BCUT2D eigenvalue weighted by molar-refractivity contribution is -0.189. The van der Waals surface area contributed by atoms with E-state index in [1.165, 1.54) is 21.0 Å². The predicted molar refractivity (Wildman–Crippen MR) is 111 cm³/mol. The summed E-state index contributed by atoms with van der Waals surface area (Å²) in [4.78, 5) is 37.7. The smallest absolute Gasteiger partial charge is 0.351 e. The van der Waals surface area contributed by atoms with Gasteiger partial charge in [-0.3, -0.25) is 4.79 Å². The number of hydrogen-bond donors (Lipinski definition) is 1. The first kappa shape index (κ1) is 24.0. The van der Waals surface area contributed by atoms with E-state index in [0.29, 0.717) is 0 Å². The summed E-state index contributed by atoms with van der Waals surface area (Å²) >= 11 is 0. The first-order valence-electron chi connectivity index (χ1n) is 9.66. The summed E-state index contributed by atoms with van der Waals surface area (Å²) in [6.07, 6.45) is -3.22. The molecule has 0 amide bonds. The molecule has 0 spiro atoms. The van der Waals surface area contributed by atoms with E-state index >= 15 is 0 Å². The van der Waals surface area contributed by atoms with Crippen LogP contribution >= 0.6 is 0 Å². The van der Waals surface area contributed by atoms with Crippen molar-refractivity contribution in [2.45, 2.75) is 44.8 Å². The highest BCUT2D eigenvalue weighted by Crippen LogP contribution is 2.15. The molecule has 31 heavy (non-hydrogen) atoms. The molecule has 0 saturated heterocycles. The molecule has 2 N–H and O–H groups in total. The molecular weight excluding hydrogens is 402 g/mol. The molecule has 0 aliphatic heterocycles. The molecule has 2 rings (SSSR count). The Labute approximate surface area is 181 Å². The second-order valence-electron chi connectivity index (χ2n) is 7.39. The molecule has 0 bridgehead atoms. The number of ether oxygens (including phenoxy) is 4. The van der Waals surface area contributed by atoms with Gasteiger partial charge >= 0.3 is 17.9 Å². The van der Waals surface area contributed by atoms with Crippen LogP contribution < -0.4 is 5.73 Å². The second kappa shape index (κ2) is 11.2. The molecule has 0 aliphatic carbocycles. The highest BCUT2D eigenvalue weighted by molar-refractivity contribution is 5.89. The summed E-state index contributed by atoms with van der Waals surface area (Å²) in [5.41, 5.74) is 5.83. The molecule has 0 saturated carbocycles. The number of esters is 3. The Morgan fingerprint density at radius 2 is 1.23 bits per heavy atom. The normalized spacial score (nSPS) is 13.0. The zero-order valence-corrected chi connectivity index (χ0v) is 17.8. The highest BCUT2D eigenvalue weighted by Gasteiger charge is 2.42. The molecule has 0 aliphatic rings. The van der Waals surface area contributed by atoms with Crippen molar-refractivity contribution in [1.82, 2.24) is 0 Å². The van der Waals surface area contributed by atoms with Gasteiger partial charge in [0.2, 0.25) is 12.2 Å². The zero-order valence-electron chi connectivity index (χ0n) is 17.8. The van der Waals surface area contributed by atoms with Crippen molar-refractivity contribution in [3.63, 3.8) is 0 Å². The van der Waals surface area contributed by atoms with Crippen LogP contribution in [0.4, 0.5) is 0 Å². The predicted octanol–water partition coefficient (Wildman–Crippen LogP) is 2.14. The molecule has 2 aromatic carbocycles. The minimum atomic E-state index is -1.69. The van der Waals surface area contributed by atoms with Gasteiger partial charge in [0.1, 0.15) is 18.8 Å². The van der Waals surface area contributed by atoms with E-state index in [1.807, 2.05) is 12.1 Å². The van der Waals surface area contributed by atoms with Gasteiger partial charge in [-0.15, -0.1) is 0 Å². The Morgan fingerprint density at radius 1 is 0.806 bits per heavy atom. The maximum absolute atomic E-state index is 12.7. The number of benzene rings is 2. The average molecular weight is 429 g/mol. The van der Waals surface area contributed by atoms with Crippen LogP contribution in [0.2, 0.25) is 0 Å². The molecule has 0 fully saturated rings. The summed E-state index contributed by atoms with van der Waals surface area (Å²) < 4.78 is 20.9. The highest BCUT2D eigenvalue weighted by atomic mass is 16.6. The molecule has 2 unspecified atom stereocenters. The fraction of sp³-hybridized carbons (Fsp3) is 0.348. The second-order valence-corrected chi connectivity index (χ2v) is 7.39. The number of carbonyl (C=O) groups is 3. The number of hydrogen-bond acceptors (Lipinski definition) is 8. The van der Waals surface area contributed by atoms with E-state index in [-0.39, 0.29) is 13.2 Å². The van der Waals surface area contributed by atoms with E-state index in [4.69, 9.17) is 24.7 Å². The van der Waals surface area contributed by atoms with Crippen LogP contribution in [-0.4, -0.2) is 42.8 Å². The topological polar surface area (TPSA) is 114 Å². The summed E-state index contributed by atoms with van der Waals surface area (Å²) in [6, 6.07) is 17.9. The van der Waals surface area contributed by atoms with Crippen LogP contribution in [0.1, 0.15) is 25.0 Å². The van der Waals surface area contributed by atoms with Crippen LogP contribution in [0.3, 0.4) is 0 Å². The van der Waals surface area contributed by atoms with Gasteiger partial charge in [-0.1, -0.05) is 60.7 Å². The van der Waals surface area contributed by atoms with Crippen LogP contribution in [0.25, 0.3) is 0 Å². The van der Waals surface area contributed by atoms with Gasteiger partial charge < -0.3 is 24.7 Å². The van der Waals surface area contributed by atoms with Crippen LogP contribution in [-0.2, 0) is 46.5 Å². The fourth-order valence-corrected chi connectivity index (χ4v) is 2.47. The third-order valence-electron chi connectivity index (χ3n) is 4.20. The van der Waals surface area contributed by atoms with Crippen molar-refractivity contribution in [1.29, 1.82) is 0 Å². The van der Waals surface area contributed by atoms with Crippen molar-refractivity contribution < 1.29 is 33.3 Å². The maximum atomic E-state index is 12.7. The first-order valence-corrected chi connectivity index (χ1v) is 9.66. The molecular formula is C23H27NO7. The Bertz CT molecular complexity index is 862. The van der Waals surface area contributed by atoms with Crippen molar-refractivity contribution >= 4 is 17.9 Å². The van der Waals surface area contributed by atoms with E-state index in [0.717, 1.165) is 11.1 Å². The fourth-order valence-electron chi connectivity index (χ4n) is 2.47. The number of methoxy groups -OCH3 is 1. The maximum Gasteiger partial charge on any atom is 0.351 e. The summed E-state index contributed by atoms with van der Waals surface area (Å²) in [5, 5.41) is 0. The lowest BCUT2D eigenvalue weighted by atomic mass is 10.1. The molecule has 0 heterocycles. The third kappa shape index (κ3) is 7.51. The van der Waals surface area contributed by atoms with E-state index in [9.17, 15) is 14.4 Å².